The summed E-state index contributed by atoms with van der Waals surface area (Å²) in [5.74, 6) is -1.17. The van der Waals surface area contributed by atoms with Crippen LogP contribution < -0.4 is 9.64 Å². The van der Waals surface area contributed by atoms with Gasteiger partial charge in [-0.15, -0.1) is 11.3 Å². The molecule has 0 radical (unpaired) electrons. The van der Waals surface area contributed by atoms with Gasteiger partial charge in [0.1, 0.15) is 18.5 Å². The summed E-state index contributed by atoms with van der Waals surface area (Å²) >= 11 is 1.69. The number of carbonyl (C=O) groups excluding carboxylic acids is 1. The van der Waals surface area contributed by atoms with Crippen molar-refractivity contribution < 1.29 is 13.9 Å². The standard InChI is InChI=1S/C30H30FN7O2S/c1-19(31)29(39)38-14-13-37(17-21(38)16-32-2)28-24-9-10-25(22-7-4-8-26-23(22)11-15-41-26)33-27(24)34-30(35-28)40-18-20-6-5-12-36(20)3/h4,7-11,15,20-21H,1,5-6,12-14,16-18H2,3H3/t20-,21-/m0/s1. The van der Waals surface area contributed by atoms with Gasteiger partial charge in [-0.2, -0.15) is 9.97 Å². The fourth-order valence-electron chi connectivity index (χ4n) is 5.74. The molecule has 9 nitrogen and oxygen atoms in total. The van der Waals surface area contributed by atoms with E-state index in [-0.39, 0.29) is 19.1 Å². The Hall–Kier alpha value is -4.14. The molecule has 0 unspecified atom stereocenters. The number of pyridine rings is 1. The molecule has 0 saturated carbocycles. The highest BCUT2D eigenvalue weighted by molar-refractivity contribution is 7.17. The maximum atomic E-state index is 13.7. The lowest BCUT2D eigenvalue weighted by Crippen LogP contribution is -2.56. The van der Waals surface area contributed by atoms with Crippen molar-refractivity contribution in [3.63, 3.8) is 0 Å². The minimum absolute atomic E-state index is 0.0446. The van der Waals surface area contributed by atoms with E-state index in [9.17, 15) is 9.18 Å². The highest BCUT2D eigenvalue weighted by Gasteiger charge is 2.35. The minimum Gasteiger partial charge on any atom is -0.462 e. The fourth-order valence-corrected chi connectivity index (χ4v) is 6.55. The van der Waals surface area contributed by atoms with Crippen LogP contribution in [0.3, 0.4) is 0 Å². The number of likely N-dealkylation sites (tertiary alicyclic amines) is 1. The third-order valence-corrected chi connectivity index (χ3v) is 8.83. The molecule has 2 saturated heterocycles. The Bertz CT molecular complexity index is 1670. The monoisotopic (exact) mass is 571 g/mol. The van der Waals surface area contributed by atoms with Gasteiger partial charge < -0.3 is 24.3 Å². The van der Waals surface area contributed by atoms with Crippen molar-refractivity contribution in [2.24, 2.45) is 0 Å². The molecule has 2 fully saturated rings. The van der Waals surface area contributed by atoms with Gasteiger partial charge >= 0.3 is 6.01 Å². The average molecular weight is 572 g/mol. The molecule has 1 aromatic carbocycles. The number of carbonyl (C=O) groups is 1. The Morgan fingerprint density at radius 2 is 2.02 bits per heavy atom. The molecule has 210 valence electrons. The average Bonchev–Trinajstić information content (AvgIpc) is 3.63. The number of amides is 1. The molecule has 11 heteroatoms. The lowest BCUT2D eigenvalue weighted by Gasteiger charge is -2.39. The molecule has 6 rings (SSSR count). The molecule has 2 atom stereocenters. The van der Waals surface area contributed by atoms with Crippen molar-refractivity contribution >= 4 is 44.2 Å². The summed E-state index contributed by atoms with van der Waals surface area (Å²) in [4.78, 5) is 36.2. The van der Waals surface area contributed by atoms with Crippen LogP contribution in [0.4, 0.5) is 10.2 Å². The predicted octanol–water partition coefficient (Wildman–Crippen LogP) is 4.80. The molecule has 41 heavy (non-hydrogen) atoms. The lowest BCUT2D eigenvalue weighted by molar-refractivity contribution is -0.131. The number of hydrogen-bond donors (Lipinski definition) is 0. The normalized spacial score (nSPS) is 19.5. The molecule has 0 aliphatic carbocycles. The van der Waals surface area contributed by atoms with Crippen LogP contribution in [0, 0.1) is 6.57 Å². The van der Waals surface area contributed by atoms with Crippen LogP contribution in [0.15, 0.2) is 54.2 Å². The van der Waals surface area contributed by atoms with E-state index in [0.29, 0.717) is 37.2 Å². The van der Waals surface area contributed by atoms with Gasteiger partial charge in [0.25, 0.3) is 5.91 Å². The van der Waals surface area contributed by atoms with E-state index in [1.165, 1.54) is 9.60 Å². The van der Waals surface area contributed by atoms with E-state index in [2.05, 4.69) is 47.0 Å². The Morgan fingerprint density at radius 3 is 2.80 bits per heavy atom. The molecular weight excluding hydrogens is 541 g/mol. The summed E-state index contributed by atoms with van der Waals surface area (Å²) in [7, 11) is 2.09. The molecule has 2 aliphatic heterocycles. The number of fused-ring (bicyclic) bond motifs is 2. The summed E-state index contributed by atoms with van der Waals surface area (Å²) in [6.45, 7) is 13.1. The maximum Gasteiger partial charge on any atom is 0.320 e. The van der Waals surface area contributed by atoms with Gasteiger partial charge in [-0.25, -0.2) is 15.9 Å². The van der Waals surface area contributed by atoms with Crippen molar-refractivity contribution in [2.75, 3.05) is 51.3 Å². The highest BCUT2D eigenvalue weighted by atomic mass is 32.1. The van der Waals surface area contributed by atoms with Crippen LogP contribution in [0.1, 0.15) is 12.8 Å². The van der Waals surface area contributed by atoms with Gasteiger partial charge in [0, 0.05) is 41.3 Å². The van der Waals surface area contributed by atoms with Crippen LogP contribution in [-0.4, -0.2) is 89.1 Å². The van der Waals surface area contributed by atoms with Crippen molar-refractivity contribution in [3.8, 4) is 17.3 Å². The number of thiophene rings is 1. The lowest BCUT2D eigenvalue weighted by atomic mass is 10.1. The zero-order chi connectivity index (χ0) is 28.5. The summed E-state index contributed by atoms with van der Waals surface area (Å²) in [6, 6.07) is 12.2. The van der Waals surface area contributed by atoms with Gasteiger partial charge in [-0.05, 0) is 56.1 Å². The molecular formula is C30H30FN7O2S. The molecule has 4 aromatic rings. The molecule has 3 aromatic heterocycles. The molecule has 1 amide bonds. The number of hydrogen-bond acceptors (Lipinski definition) is 8. The first-order chi connectivity index (χ1) is 19.9. The summed E-state index contributed by atoms with van der Waals surface area (Å²) in [5, 5.41) is 3.95. The first-order valence-electron chi connectivity index (χ1n) is 13.6. The summed E-state index contributed by atoms with van der Waals surface area (Å²) in [5.41, 5.74) is 2.33. The third-order valence-electron chi connectivity index (χ3n) is 7.94. The first-order valence-corrected chi connectivity index (χ1v) is 14.5. The van der Waals surface area contributed by atoms with Gasteiger partial charge in [0.05, 0.1) is 11.1 Å². The number of piperazine rings is 1. The van der Waals surface area contributed by atoms with Crippen molar-refractivity contribution in [1.29, 1.82) is 0 Å². The summed E-state index contributed by atoms with van der Waals surface area (Å²) in [6.07, 6.45) is 2.18. The molecule has 2 aliphatic rings. The third kappa shape index (κ3) is 5.33. The number of anilines is 1. The van der Waals surface area contributed by atoms with Crippen molar-refractivity contribution in [2.45, 2.75) is 24.9 Å². The van der Waals surface area contributed by atoms with Crippen molar-refractivity contribution in [3.05, 3.63) is 65.6 Å². The van der Waals surface area contributed by atoms with Gasteiger partial charge in [-0.3, -0.25) is 4.79 Å². The number of benzene rings is 1. The zero-order valence-corrected chi connectivity index (χ0v) is 23.6. The zero-order valence-electron chi connectivity index (χ0n) is 22.8. The van der Waals surface area contributed by atoms with E-state index in [1.807, 2.05) is 23.1 Å². The van der Waals surface area contributed by atoms with Crippen LogP contribution >= 0.6 is 11.3 Å². The topological polar surface area (TPSA) is 79.1 Å². The second-order valence-corrected chi connectivity index (χ2v) is 11.4. The Morgan fingerprint density at radius 1 is 1.15 bits per heavy atom. The SMILES string of the molecule is [C-]#[N+]C[C@H]1CN(c2nc(OC[C@@H]3CCCN3C)nc3nc(-c4cccc5sccc45)ccc23)CCN1C(=O)C(=C)F. The van der Waals surface area contributed by atoms with E-state index >= 15 is 0 Å². The second-order valence-electron chi connectivity index (χ2n) is 10.5. The van der Waals surface area contributed by atoms with Gasteiger partial charge in [0.15, 0.2) is 11.5 Å². The van der Waals surface area contributed by atoms with E-state index in [1.54, 1.807) is 11.3 Å². The van der Waals surface area contributed by atoms with Crippen molar-refractivity contribution in [1.82, 2.24) is 24.8 Å². The number of halogens is 1. The molecule has 5 heterocycles. The van der Waals surface area contributed by atoms with E-state index in [4.69, 9.17) is 26.3 Å². The Balaban J connectivity index is 1.39. The van der Waals surface area contributed by atoms with Crippen LogP contribution in [-0.2, 0) is 4.79 Å². The number of aromatic nitrogens is 3. The number of rotatable bonds is 7. The largest absolute Gasteiger partial charge is 0.462 e. The second kappa shape index (κ2) is 11.4. The fraction of sp³-hybridized carbons (Fsp3) is 0.367. The Labute approximate surface area is 241 Å². The summed E-state index contributed by atoms with van der Waals surface area (Å²) < 4.78 is 21.1. The molecule has 0 bridgehead atoms. The van der Waals surface area contributed by atoms with E-state index < -0.39 is 17.8 Å². The maximum absolute atomic E-state index is 13.7. The first kappa shape index (κ1) is 27.1. The number of likely N-dealkylation sites (N-methyl/N-ethyl adjacent to an activating group) is 1. The molecule has 0 spiro atoms. The Kier molecular flexibility index (Phi) is 7.51. The van der Waals surface area contributed by atoms with Crippen LogP contribution in [0.2, 0.25) is 0 Å². The molecule has 0 N–H and O–H groups in total. The minimum atomic E-state index is -1.02. The van der Waals surface area contributed by atoms with Gasteiger partial charge in [-0.1, -0.05) is 18.7 Å². The van der Waals surface area contributed by atoms with Gasteiger partial charge in [0.2, 0.25) is 6.54 Å². The smallest absolute Gasteiger partial charge is 0.320 e. The van der Waals surface area contributed by atoms with E-state index in [0.717, 1.165) is 41.4 Å². The quantitative estimate of drug-likeness (QED) is 0.233. The van der Waals surface area contributed by atoms with Crippen LogP contribution in [0.5, 0.6) is 6.01 Å². The highest BCUT2D eigenvalue weighted by Crippen LogP contribution is 2.34. The number of ether oxygens (including phenoxy) is 1. The van der Waals surface area contributed by atoms with Crippen LogP contribution in [0.25, 0.3) is 37.2 Å². The predicted molar refractivity (Wildman–Crippen MR) is 159 cm³/mol. The number of nitrogens with zero attached hydrogens (tertiary/aromatic N) is 7.